The van der Waals surface area contributed by atoms with E-state index < -0.39 is 54.3 Å². The fraction of sp³-hybridized carbons (Fsp3) is 0.778. The Kier molecular flexibility index (Phi) is 8.90. The maximum absolute atomic E-state index is 12.9. The third-order valence-corrected chi connectivity index (χ3v) is 4.70. The minimum atomic E-state index is -4.90. The van der Waals surface area contributed by atoms with E-state index in [9.17, 15) is 32.3 Å². The molecule has 0 unspecified atom stereocenters. The van der Waals surface area contributed by atoms with Crippen LogP contribution in [0.4, 0.5) is 18.0 Å². The van der Waals surface area contributed by atoms with E-state index in [4.69, 9.17) is 0 Å². The summed E-state index contributed by atoms with van der Waals surface area (Å²) in [7, 11) is 1.17. The Morgan fingerprint density at radius 1 is 1.17 bits per heavy atom. The van der Waals surface area contributed by atoms with Gasteiger partial charge in [0.15, 0.2) is 0 Å². The van der Waals surface area contributed by atoms with Crippen LogP contribution in [-0.2, 0) is 19.1 Å². The predicted octanol–water partition coefficient (Wildman–Crippen LogP) is 1.63. The second-order valence-corrected chi connectivity index (χ2v) is 7.52. The molecule has 1 saturated heterocycles. The van der Waals surface area contributed by atoms with E-state index in [1.54, 1.807) is 13.8 Å². The lowest BCUT2D eigenvalue weighted by molar-refractivity contribution is -0.171. The Hall–Kier alpha value is -2.33. The summed E-state index contributed by atoms with van der Waals surface area (Å²) in [5, 5.41) is 4.98. The van der Waals surface area contributed by atoms with Gasteiger partial charge in [-0.15, -0.1) is 0 Å². The fourth-order valence-electron chi connectivity index (χ4n) is 3.08. The number of hydrogen-bond acceptors (Lipinski definition) is 5. The van der Waals surface area contributed by atoms with Crippen LogP contribution in [0.15, 0.2) is 0 Å². The molecule has 3 atom stereocenters. The van der Waals surface area contributed by atoms with Gasteiger partial charge in [0.2, 0.25) is 17.6 Å². The van der Waals surface area contributed by atoms with Crippen LogP contribution in [-0.4, -0.2) is 67.1 Å². The molecule has 0 aromatic rings. The molecular formula is C18H28F3N3O5. The number of Topliss-reactive ketones (excluding diaryl/α,β-unsaturated/α-hetero) is 1. The second-order valence-electron chi connectivity index (χ2n) is 7.52. The number of carbonyl (C=O) groups is 4. The fourth-order valence-corrected chi connectivity index (χ4v) is 3.08. The number of ketones is 1. The van der Waals surface area contributed by atoms with Crippen LogP contribution in [0.3, 0.4) is 0 Å². The SMILES string of the molecule is COC(=O)N[C@H](C(=O)N1CCC[C@H]1C(=O)NC[C@H](C)CC(=O)C(F)(F)F)C(C)C. The molecule has 0 aromatic heterocycles. The van der Waals surface area contributed by atoms with E-state index in [0.29, 0.717) is 19.4 Å². The van der Waals surface area contributed by atoms with Gasteiger partial charge in [0.25, 0.3) is 0 Å². The van der Waals surface area contributed by atoms with Crippen molar-refractivity contribution in [2.45, 2.75) is 58.3 Å². The van der Waals surface area contributed by atoms with Crippen molar-refractivity contribution in [2.75, 3.05) is 20.2 Å². The molecule has 11 heteroatoms. The number of alkyl carbamates (subject to hydrolysis) is 1. The maximum atomic E-state index is 12.9. The number of carbonyl (C=O) groups excluding carboxylic acids is 4. The van der Waals surface area contributed by atoms with Gasteiger partial charge in [-0.25, -0.2) is 4.79 Å². The largest absolute Gasteiger partial charge is 0.453 e. The number of likely N-dealkylation sites (tertiary alicyclic amines) is 1. The first-order chi connectivity index (χ1) is 13.4. The number of ether oxygens (including phenoxy) is 1. The minimum Gasteiger partial charge on any atom is -0.453 e. The van der Waals surface area contributed by atoms with Gasteiger partial charge in [0.1, 0.15) is 12.1 Å². The van der Waals surface area contributed by atoms with Gasteiger partial charge >= 0.3 is 12.3 Å². The predicted molar refractivity (Wildman–Crippen MR) is 96.8 cm³/mol. The molecule has 8 nitrogen and oxygen atoms in total. The van der Waals surface area contributed by atoms with E-state index >= 15 is 0 Å². The highest BCUT2D eigenvalue weighted by Crippen LogP contribution is 2.22. The van der Waals surface area contributed by atoms with Gasteiger partial charge < -0.3 is 20.3 Å². The lowest BCUT2D eigenvalue weighted by Crippen LogP contribution is -2.55. The van der Waals surface area contributed by atoms with Crippen LogP contribution < -0.4 is 10.6 Å². The van der Waals surface area contributed by atoms with Crippen molar-refractivity contribution in [3.63, 3.8) is 0 Å². The average molecular weight is 423 g/mol. The molecular weight excluding hydrogens is 395 g/mol. The Morgan fingerprint density at radius 3 is 2.31 bits per heavy atom. The number of nitrogens with zero attached hydrogens (tertiary/aromatic N) is 1. The van der Waals surface area contributed by atoms with Crippen LogP contribution in [0.2, 0.25) is 0 Å². The van der Waals surface area contributed by atoms with Crippen molar-refractivity contribution >= 4 is 23.7 Å². The molecule has 0 spiro atoms. The summed E-state index contributed by atoms with van der Waals surface area (Å²) in [5.41, 5.74) is 0. The summed E-state index contributed by atoms with van der Waals surface area (Å²) in [4.78, 5) is 49.2. The van der Waals surface area contributed by atoms with Gasteiger partial charge in [-0.1, -0.05) is 20.8 Å². The van der Waals surface area contributed by atoms with Gasteiger partial charge in [0.05, 0.1) is 7.11 Å². The third-order valence-electron chi connectivity index (χ3n) is 4.70. The lowest BCUT2D eigenvalue weighted by Gasteiger charge is -2.30. The summed E-state index contributed by atoms with van der Waals surface area (Å²) < 4.78 is 41.5. The van der Waals surface area contributed by atoms with Crippen LogP contribution in [0.1, 0.15) is 40.0 Å². The van der Waals surface area contributed by atoms with E-state index in [2.05, 4.69) is 15.4 Å². The van der Waals surface area contributed by atoms with Crippen molar-refractivity contribution < 1.29 is 37.1 Å². The average Bonchev–Trinajstić information content (AvgIpc) is 3.12. The third kappa shape index (κ3) is 7.21. The van der Waals surface area contributed by atoms with E-state index in [0.717, 1.165) is 0 Å². The Bertz CT molecular complexity index is 624. The minimum absolute atomic E-state index is 0.118. The van der Waals surface area contributed by atoms with Gasteiger partial charge in [-0.05, 0) is 24.7 Å². The number of hydrogen-bond donors (Lipinski definition) is 2. The van der Waals surface area contributed by atoms with Gasteiger partial charge in [0, 0.05) is 19.5 Å². The number of nitrogens with one attached hydrogen (secondary N) is 2. The Balaban J connectivity index is 2.70. The summed E-state index contributed by atoms with van der Waals surface area (Å²) in [6, 6.07) is -1.66. The normalized spacial score (nSPS) is 18.9. The lowest BCUT2D eigenvalue weighted by atomic mass is 10.0. The van der Waals surface area contributed by atoms with Crippen molar-refractivity contribution in [2.24, 2.45) is 11.8 Å². The Morgan fingerprint density at radius 2 is 1.79 bits per heavy atom. The smallest absolute Gasteiger partial charge is 0.449 e. The van der Waals surface area contributed by atoms with Gasteiger partial charge in [-0.3, -0.25) is 14.4 Å². The molecule has 1 aliphatic rings. The molecule has 2 N–H and O–H groups in total. The van der Waals surface area contributed by atoms with E-state index in [1.165, 1.54) is 18.9 Å². The quantitative estimate of drug-likeness (QED) is 0.618. The molecule has 3 amide bonds. The van der Waals surface area contributed by atoms with E-state index in [1.807, 2.05) is 0 Å². The first kappa shape index (κ1) is 24.7. The highest BCUT2D eigenvalue weighted by atomic mass is 19.4. The first-order valence-corrected chi connectivity index (χ1v) is 9.41. The first-order valence-electron chi connectivity index (χ1n) is 9.41. The monoisotopic (exact) mass is 423 g/mol. The van der Waals surface area contributed by atoms with Crippen LogP contribution >= 0.6 is 0 Å². The molecule has 1 heterocycles. The van der Waals surface area contributed by atoms with E-state index in [-0.39, 0.29) is 12.5 Å². The maximum Gasteiger partial charge on any atom is 0.449 e. The number of amides is 3. The van der Waals surface area contributed by atoms with Crippen molar-refractivity contribution in [1.82, 2.24) is 15.5 Å². The zero-order chi connectivity index (χ0) is 22.4. The standard InChI is InChI=1S/C18H28F3N3O5/c1-10(2)14(23-17(28)29-4)16(27)24-7-5-6-12(24)15(26)22-9-11(3)8-13(25)18(19,20)21/h10-12,14H,5-9H2,1-4H3,(H,22,26)(H,23,28)/t11-,12+,14+/m1/s1. The molecule has 0 saturated carbocycles. The summed E-state index contributed by atoms with van der Waals surface area (Å²) >= 11 is 0. The molecule has 29 heavy (non-hydrogen) atoms. The molecule has 0 aromatic carbocycles. The highest BCUT2D eigenvalue weighted by molar-refractivity contribution is 5.92. The van der Waals surface area contributed by atoms with Crippen LogP contribution in [0, 0.1) is 11.8 Å². The van der Waals surface area contributed by atoms with Crippen molar-refractivity contribution in [1.29, 1.82) is 0 Å². The number of methoxy groups -OCH3 is 1. The molecule has 1 rings (SSSR count). The number of halogens is 3. The van der Waals surface area contributed by atoms with Crippen molar-refractivity contribution in [3.05, 3.63) is 0 Å². The van der Waals surface area contributed by atoms with Crippen LogP contribution in [0.25, 0.3) is 0 Å². The topological polar surface area (TPSA) is 105 Å². The number of alkyl halides is 3. The summed E-state index contributed by atoms with van der Waals surface area (Å²) in [6.45, 7) is 5.11. The zero-order valence-electron chi connectivity index (χ0n) is 17.0. The Labute approximate surface area is 167 Å². The van der Waals surface area contributed by atoms with Crippen LogP contribution in [0.5, 0.6) is 0 Å². The molecule has 0 aliphatic carbocycles. The summed E-state index contributed by atoms with van der Waals surface area (Å²) in [6.07, 6.45) is -5.41. The molecule has 0 bridgehead atoms. The summed E-state index contributed by atoms with van der Waals surface area (Å²) in [5.74, 6) is -3.72. The molecule has 1 fully saturated rings. The molecule has 166 valence electrons. The van der Waals surface area contributed by atoms with Gasteiger partial charge in [-0.2, -0.15) is 13.2 Å². The molecule has 1 aliphatic heterocycles. The zero-order valence-corrected chi connectivity index (χ0v) is 17.0. The molecule has 0 radical (unpaired) electrons. The second kappa shape index (κ2) is 10.4. The number of rotatable bonds is 8. The highest BCUT2D eigenvalue weighted by Gasteiger charge is 2.40. The van der Waals surface area contributed by atoms with Crippen molar-refractivity contribution in [3.8, 4) is 0 Å².